The molecule has 1 saturated heterocycles. The molecule has 0 unspecified atom stereocenters. The Labute approximate surface area is 191 Å². The van der Waals surface area contributed by atoms with Crippen LogP contribution in [0.5, 0.6) is 0 Å². The van der Waals surface area contributed by atoms with Crippen molar-refractivity contribution in [3.63, 3.8) is 0 Å². The Morgan fingerprint density at radius 3 is 1.48 bits per heavy atom. The molecular weight excluding hydrogens is 475 g/mol. The zero-order chi connectivity index (χ0) is 20.2. The predicted molar refractivity (Wildman–Crippen MR) is 141 cm³/mol. The van der Waals surface area contributed by atoms with Gasteiger partial charge in [-0.25, -0.2) is 0 Å². The molecule has 0 N–H and O–H groups in total. The van der Waals surface area contributed by atoms with Crippen LogP contribution in [0.1, 0.15) is 19.8 Å². The molecule has 3 aromatic rings. The van der Waals surface area contributed by atoms with Gasteiger partial charge in [0.1, 0.15) is 0 Å². The molecule has 152 valence electrons. The van der Waals surface area contributed by atoms with Gasteiger partial charge in [0.05, 0.1) is 0 Å². The maximum atomic E-state index is 4.58. The first kappa shape index (κ1) is 21.5. The van der Waals surface area contributed by atoms with E-state index in [9.17, 15) is 0 Å². The molecule has 1 fully saturated rings. The molecule has 0 nitrogen and oxygen atoms in total. The van der Waals surface area contributed by atoms with Gasteiger partial charge in [0.25, 0.3) is 0 Å². The summed E-state index contributed by atoms with van der Waals surface area (Å²) in [6, 6.07) is 33.5. The van der Waals surface area contributed by atoms with Crippen LogP contribution in [0.4, 0.5) is 0 Å². The fourth-order valence-electron chi connectivity index (χ4n) is 4.29. The number of hydrogen-bond donors (Lipinski definition) is 0. The van der Waals surface area contributed by atoms with Gasteiger partial charge in [-0.15, -0.1) is 0 Å². The topological polar surface area (TPSA) is 0 Å². The maximum absolute atomic E-state index is 4.58. The van der Waals surface area contributed by atoms with Crippen molar-refractivity contribution in [1.82, 2.24) is 0 Å². The quantitative estimate of drug-likeness (QED) is 0.339. The van der Waals surface area contributed by atoms with Gasteiger partial charge < -0.3 is 0 Å². The Balaban J connectivity index is 1.92. The van der Waals surface area contributed by atoms with Crippen molar-refractivity contribution < 1.29 is 0 Å². The minimum absolute atomic E-state index is 0.285. The van der Waals surface area contributed by atoms with Crippen molar-refractivity contribution in [1.29, 1.82) is 0 Å². The second kappa shape index (κ2) is 8.79. The summed E-state index contributed by atoms with van der Waals surface area (Å²) >= 11 is 8.89. The first-order valence-corrected chi connectivity index (χ1v) is 16.6. The third-order valence-electron chi connectivity index (χ3n) is 5.97. The van der Waals surface area contributed by atoms with Gasteiger partial charge in [0, 0.05) is 0 Å². The second-order valence-corrected chi connectivity index (χ2v) is 20.4. The first-order chi connectivity index (χ1) is 14.0. The average Bonchev–Trinajstić information content (AvgIpc) is 2.80. The number of thioether (sulfide) groups is 2. The zero-order valence-corrected chi connectivity index (χ0v) is 21.0. The standard InChI is InChI=1S/C25H28BrPS2/c1-25(28-20-11-21-29-25)18-19-27(26,22-12-5-2-6-13-22,23-14-7-3-8-15-23)24-16-9-4-10-17-24/h2-10,12-17H,11,18-21H2,1H3. The van der Waals surface area contributed by atoms with Crippen LogP contribution in [0.15, 0.2) is 91.0 Å². The van der Waals surface area contributed by atoms with Crippen molar-refractivity contribution in [2.24, 2.45) is 0 Å². The molecule has 4 heteroatoms. The zero-order valence-electron chi connectivity index (χ0n) is 16.8. The van der Waals surface area contributed by atoms with Crippen molar-refractivity contribution in [2.45, 2.75) is 23.8 Å². The molecule has 0 atom stereocenters. The number of benzene rings is 3. The van der Waals surface area contributed by atoms with E-state index in [1.165, 1.54) is 40.3 Å². The first-order valence-electron chi connectivity index (χ1n) is 10.2. The van der Waals surface area contributed by atoms with Gasteiger partial charge in [-0.2, -0.15) is 0 Å². The summed E-state index contributed by atoms with van der Waals surface area (Å²) in [5, 5.41) is 1.48. The number of halogens is 1. The average molecular weight is 504 g/mol. The van der Waals surface area contributed by atoms with Crippen LogP contribution in [0.3, 0.4) is 0 Å². The SMILES string of the molecule is CC1(CCP(Br)(c2ccccc2)(c2ccccc2)c2ccccc2)SCCCS1. The number of hydrogen-bond acceptors (Lipinski definition) is 2. The van der Waals surface area contributed by atoms with E-state index < -0.39 is 5.31 Å². The summed E-state index contributed by atoms with van der Waals surface area (Å²) < 4.78 is 0.285. The predicted octanol–water partition coefficient (Wildman–Crippen LogP) is 6.80. The van der Waals surface area contributed by atoms with E-state index in [0.29, 0.717) is 0 Å². The van der Waals surface area contributed by atoms with Gasteiger partial charge in [-0.1, -0.05) is 0 Å². The van der Waals surface area contributed by atoms with Crippen molar-refractivity contribution in [3.05, 3.63) is 91.0 Å². The van der Waals surface area contributed by atoms with Crippen molar-refractivity contribution in [2.75, 3.05) is 17.7 Å². The van der Waals surface area contributed by atoms with Crippen LogP contribution in [-0.4, -0.2) is 21.7 Å². The van der Waals surface area contributed by atoms with E-state index in [0.717, 1.165) is 6.16 Å². The van der Waals surface area contributed by atoms with E-state index in [1.807, 2.05) is 0 Å². The molecule has 0 radical (unpaired) electrons. The summed E-state index contributed by atoms with van der Waals surface area (Å²) in [4.78, 5) is 0. The van der Waals surface area contributed by atoms with E-state index in [1.54, 1.807) is 0 Å². The molecule has 3 aromatic carbocycles. The molecule has 1 heterocycles. The molecule has 0 bridgehead atoms. The van der Waals surface area contributed by atoms with E-state index in [4.69, 9.17) is 0 Å². The summed E-state index contributed by atoms with van der Waals surface area (Å²) in [6.07, 6.45) is 3.64. The molecule has 0 saturated carbocycles. The van der Waals surface area contributed by atoms with Crippen molar-refractivity contribution >= 4 is 60.2 Å². The van der Waals surface area contributed by atoms with Crippen LogP contribution < -0.4 is 15.9 Å². The molecule has 0 spiro atoms. The summed E-state index contributed by atoms with van der Waals surface area (Å²) in [7, 11) is 0. The molecule has 1 aliphatic rings. The van der Waals surface area contributed by atoms with Gasteiger partial charge in [-0.05, 0) is 0 Å². The fraction of sp³-hybridized carbons (Fsp3) is 0.280. The van der Waals surface area contributed by atoms with Crippen LogP contribution in [0, 0.1) is 0 Å². The Hall–Kier alpha value is -0.730. The minimum atomic E-state index is -2.78. The van der Waals surface area contributed by atoms with Crippen LogP contribution in [-0.2, 0) is 0 Å². The Bertz CT molecular complexity index is 825. The normalized spacial score (nSPS) is 17.9. The van der Waals surface area contributed by atoms with Gasteiger partial charge in [0.2, 0.25) is 0 Å². The van der Waals surface area contributed by atoms with E-state index in [2.05, 4.69) is 137 Å². The third kappa shape index (κ3) is 4.09. The molecular formula is C25H28BrPS2. The van der Waals surface area contributed by atoms with Gasteiger partial charge in [0.15, 0.2) is 0 Å². The summed E-state index contributed by atoms with van der Waals surface area (Å²) in [6.45, 7) is 2.46. The second-order valence-electron chi connectivity index (χ2n) is 7.85. The van der Waals surface area contributed by atoms with E-state index in [-0.39, 0.29) is 4.08 Å². The van der Waals surface area contributed by atoms with Crippen molar-refractivity contribution in [3.8, 4) is 0 Å². The molecule has 1 aliphatic heterocycles. The van der Waals surface area contributed by atoms with Gasteiger partial charge in [-0.3, -0.25) is 0 Å². The third-order valence-corrected chi connectivity index (χ3v) is 19.2. The summed E-state index contributed by atoms with van der Waals surface area (Å²) in [5.74, 6) is 2.56. The van der Waals surface area contributed by atoms with E-state index >= 15 is 0 Å². The van der Waals surface area contributed by atoms with Crippen LogP contribution in [0.2, 0.25) is 0 Å². The Morgan fingerprint density at radius 1 is 0.724 bits per heavy atom. The summed E-state index contributed by atoms with van der Waals surface area (Å²) in [5.41, 5.74) is 0. The Kier molecular flexibility index (Phi) is 6.52. The molecule has 4 rings (SSSR count). The van der Waals surface area contributed by atoms with Crippen LogP contribution >= 0.6 is 44.3 Å². The molecule has 0 aliphatic carbocycles. The number of rotatable bonds is 6. The molecule has 0 amide bonds. The van der Waals surface area contributed by atoms with Crippen LogP contribution in [0.25, 0.3) is 0 Å². The van der Waals surface area contributed by atoms with Gasteiger partial charge >= 0.3 is 193 Å². The fourth-order valence-corrected chi connectivity index (χ4v) is 15.1. The molecule has 29 heavy (non-hydrogen) atoms. The monoisotopic (exact) mass is 502 g/mol. The Morgan fingerprint density at radius 2 is 1.10 bits per heavy atom. The molecule has 0 aromatic heterocycles.